The molecule has 5 nitrogen and oxygen atoms in total. The van der Waals surface area contributed by atoms with Crippen LogP contribution < -0.4 is 10.0 Å². The molecule has 0 saturated carbocycles. The summed E-state index contributed by atoms with van der Waals surface area (Å²) in [7, 11) is -3.56. The van der Waals surface area contributed by atoms with Crippen LogP contribution in [-0.4, -0.2) is 19.9 Å². The normalized spacial score (nSPS) is 11.5. The maximum absolute atomic E-state index is 12.1. The van der Waals surface area contributed by atoms with Gasteiger partial charge in [-0.3, -0.25) is 0 Å². The average Bonchev–Trinajstić information content (AvgIpc) is 2.89. The minimum Gasteiger partial charge on any atom is -0.370 e. The number of pyridine rings is 1. The van der Waals surface area contributed by atoms with Gasteiger partial charge in [-0.1, -0.05) is 18.5 Å². The van der Waals surface area contributed by atoms with E-state index in [0.717, 1.165) is 17.8 Å². The van der Waals surface area contributed by atoms with Crippen molar-refractivity contribution in [1.29, 1.82) is 0 Å². The molecule has 0 saturated heterocycles. The lowest BCUT2D eigenvalue weighted by atomic mass is 10.4. The predicted octanol–water partition coefficient (Wildman–Crippen LogP) is 3.10. The molecule has 0 amide bonds. The number of hydrogen-bond donors (Lipinski definition) is 2. The Morgan fingerprint density at radius 1 is 1.29 bits per heavy atom. The van der Waals surface area contributed by atoms with Crippen molar-refractivity contribution in [2.45, 2.75) is 24.8 Å². The first-order chi connectivity index (χ1) is 10.0. The molecule has 2 rings (SSSR count). The summed E-state index contributed by atoms with van der Waals surface area (Å²) in [5.74, 6) is 0.667. The van der Waals surface area contributed by atoms with Gasteiger partial charge in [0.1, 0.15) is 10.7 Å². The second-order valence-corrected chi connectivity index (χ2v) is 7.90. The molecule has 2 aromatic rings. The summed E-state index contributed by atoms with van der Waals surface area (Å²) in [4.78, 5) is 5.10. The molecule has 2 N–H and O–H groups in total. The molecule has 0 aliphatic carbocycles. The topological polar surface area (TPSA) is 71.1 Å². The molecule has 0 spiro atoms. The Kier molecular flexibility index (Phi) is 5.58. The Morgan fingerprint density at radius 2 is 2.10 bits per heavy atom. The van der Waals surface area contributed by atoms with Gasteiger partial charge in [0.15, 0.2) is 0 Å². The lowest BCUT2D eigenvalue weighted by Crippen LogP contribution is -2.23. The summed E-state index contributed by atoms with van der Waals surface area (Å²) in [6.45, 7) is 3.07. The first kappa shape index (κ1) is 16.2. The van der Waals surface area contributed by atoms with Crippen LogP contribution in [0.1, 0.15) is 18.2 Å². The van der Waals surface area contributed by atoms with Crippen molar-refractivity contribution in [3.8, 4) is 0 Å². The van der Waals surface area contributed by atoms with E-state index in [4.69, 9.17) is 11.6 Å². The van der Waals surface area contributed by atoms with E-state index < -0.39 is 10.0 Å². The third kappa shape index (κ3) is 4.67. The molecule has 114 valence electrons. The van der Waals surface area contributed by atoms with Crippen molar-refractivity contribution in [2.75, 3.05) is 11.9 Å². The van der Waals surface area contributed by atoms with Crippen molar-refractivity contribution in [2.24, 2.45) is 0 Å². The van der Waals surface area contributed by atoms with Gasteiger partial charge in [-0.2, -0.15) is 0 Å². The quantitative estimate of drug-likeness (QED) is 0.809. The molecule has 0 aliphatic rings. The van der Waals surface area contributed by atoms with Gasteiger partial charge in [-0.05, 0) is 30.7 Å². The Labute approximate surface area is 133 Å². The number of nitrogens with one attached hydrogen (secondary N) is 2. The van der Waals surface area contributed by atoms with E-state index in [9.17, 15) is 8.42 Å². The number of nitrogens with zero attached hydrogens (tertiary/aromatic N) is 1. The Balaban J connectivity index is 2.01. The molecule has 21 heavy (non-hydrogen) atoms. The van der Waals surface area contributed by atoms with E-state index >= 15 is 0 Å². The van der Waals surface area contributed by atoms with Gasteiger partial charge in [0.2, 0.25) is 10.0 Å². The molecular formula is C13H16ClN3O2S2. The summed E-state index contributed by atoms with van der Waals surface area (Å²) < 4.78 is 27.4. The predicted molar refractivity (Wildman–Crippen MR) is 86.4 cm³/mol. The summed E-state index contributed by atoms with van der Waals surface area (Å²) in [5.41, 5.74) is 0. The average molecular weight is 346 g/mol. The standard InChI is InChI=1S/C13H16ClN3O2S2/c1-2-7-15-13-6-4-11(9-16-13)21(18,19)17-8-10-3-5-12(14)20-10/h3-6,9,17H,2,7-8H2,1H3,(H,15,16). The van der Waals surface area contributed by atoms with Crippen LogP contribution in [0.4, 0.5) is 5.82 Å². The highest BCUT2D eigenvalue weighted by Crippen LogP contribution is 2.21. The van der Waals surface area contributed by atoms with Crippen LogP contribution >= 0.6 is 22.9 Å². The fourth-order valence-electron chi connectivity index (χ4n) is 1.59. The van der Waals surface area contributed by atoms with Crippen LogP contribution in [0.2, 0.25) is 4.34 Å². The highest BCUT2D eigenvalue weighted by Gasteiger charge is 2.14. The van der Waals surface area contributed by atoms with Crippen LogP contribution in [0, 0.1) is 0 Å². The minimum atomic E-state index is -3.56. The van der Waals surface area contributed by atoms with Crippen molar-refractivity contribution < 1.29 is 8.42 Å². The second-order valence-electron chi connectivity index (χ2n) is 4.34. The van der Waals surface area contributed by atoms with Crippen molar-refractivity contribution in [3.63, 3.8) is 0 Å². The molecule has 2 aromatic heterocycles. The lowest BCUT2D eigenvalue weighted by molar-refractivity contribution is 0.581. The van der Waals surface area contributed by atoms with Gasteiger partial charge in [-0.25, -0.2) is 18.1 Å². The molecule has 0 bridgehead atoms. The van der Waals surface area contributed by atoms with Gasteiger partial charge >= 0.3 is 0 Å². The zero-order chi connectivity index (χ0) is 15.3. The molecule has 0 unspecified atom stereocenters. The molecule has 0 atom stereocenters. The molecule has 2 heterocycles. The highest BCUT2D eigenvalue weighted by molar-refractivity contribution is 7.89. The monoisotopic (exact) mass is 345 g/mol. The first-order valence-corrected chi connectivity index (χ1v) is 9.13. The van der Waals surface area contributed by atoms with Gasteiger partial charge in [0, 0.05) is 24.2 Å². The van der Waals surface area contributed by atoms with E-state index in [2.05, 4.69) is 15.0 Å². The third-order valence-electron chi connectivity index (χ3n) is 2.67. The molecule has 0 aromatic carbocycles. The van der Waals surface area contributed by atoms with Gasteiger partial charge < -0.3 is 5.32 Å². The molecule has 0 radical (unpaired) electrons. The fraction of sp³-hybridized carbons (Fsp3) is 0.308. The number of anilines is 1. The number of halogens is 1. The number of hydrogen-bond acceptors (Lipinski definition) is 5. The van der Waals surface area contributed by atoms with Crippen molar-refractivity contribution in [3.05, 3.63) is 39.7 Å². The zero-order valence-corrected chi connectivity index (χ0v) is 13.9. The SMILES string of the molecule is CCCNc1ccc(S(=O)(=O)NCc2ccc(Cl)s2)cn1. The number of aromatic nitrogens is 1. The Hall–Kier alpha value is -1.15. The molecule has 0 fully saturated rings. The van der Waals surface area contributed by atoms with Gasteiger partial charge in [-0.15, -0.1) is 11.3 Å². The summed E-state index contributed by atoms with van der Waals surface area (Å²) >= 11 is 7.16. The number of sulfonamides is 1. The van der Waals surface area contributed by atoms with Gasteiger partial charge in [0.05, 0.1) is 4.34 Å². The van der Waals surface area contributed by atoms with E-state index in [1.807, 2.05) is 6.92 Å². The summed E-state index contributed by atoms with van der Waals surface area (Å²) in [5, 5.41) is 3.09. The van der Waals surface area contributed by atoms with Crippen LogP contribution in [0.3, 0.4) is 0 Å². The number of rotatable bonds is 7. The number of thiophene rings is 1. The van der Waals surface area contributed by atoms with Gasteiger partial charge in [0.25, 0.3) is 0 Å². The fourth-order valence-corrected chi connectivity index (χ4v) is 3.66. The third-order valence-corrected chi connectivity index (χ3v) is 5.29. The zero-order valence-electron chi connectivity index (χ0n) is 11.5. The summed E-state index contributed by atoms with van der Waals surface area (Å²) in [6, 6.07) is 6.73. The molecule has 0 aliphatic heterocycles. The molecular weight excluding hydrogens is 330 g/mol. The van der Waals surface area contributed by atoms with Crippen LogP contribution in [0.15, 0.2) is 35.4 Å². The smallest absolute Gasteiger partial charge is 0.242 e. The van der Waals surface area contributed by atoms with Crippen LogP contribution in [-0.2, 0) is 16.6 Å². The highest BCUT2D eigenvalue weighted by atomic mass is 35.5. The first-order valence-electron chi connectivity index (χ1n) is 6.45. The Morgan fingerprint density at radius 3 is 2.67 bits per heavy atom. The van der Waals surface area contributed by atoms with E-state index in [1.165, 1.54) is 23.6 Å². The summed E-state index contributed by atoms with van der Waals surface area (Å²) in [6.07, 6.45) is 2.33. The molecule has 8 heteroatoms. The van der Waals surface area contributed by atoms with E-state index in [0.29, 0.717) is 10.2 Å². The van der Waals surface area contributed by atoms with Crippen LogP contribution in [0.25, 0.3) is 0 Å². The minimum absolute atomic E-state index is 0.146. The Bertz CT molecular complexity index is 684. The second kappa shape index (κ2) is 7.22. The van der Waals surface area contributed by atoms with E-state index in [-0.39, 0.29) is 11.4 Å². The van der Waals surface area contributed by atoms with E-state index in [1.54, 1.807) is 18.2 Å². The maximum Gasteiger partial charge on any atom is 0.242 e. The van der Waals surface area contributed by atoms with Crippen molar-refractivity contribution >= 4 is 38.8 Å². The largest absolute Gasteiger partial charge is 0.370 e. The lowest BCUT2D eigenvalue weighted by Gasteiger charge is -2.07. The maximum atomic E-state index is 12.1. The van der Waals surface area contributed by atoms with Crippen molar-refractivity contribution in [1.82, 2.24) is 9.71 Å². The van der Waals surface area contributed by atoms with Crippen LogP contribution in [0.5, 0.6) is 0 Å².